The van der Waals surface area contributed by atoms with Crippen molar-refractivity contribution < 1.29 is 38.0 Å². The van der Waals surface area contributed by atoms with Gasteiger partial charge in [-0.1, -0.05) is 13.8 Å². The Morgan fingerprint density at radius 3 is 2.29 bits per heavy atom. The molecule has 1 aromatic rings. The van der Waals surface area contributed by atoms with Gasteiger partial charge < -0.3 is 28.4 Å². The Kier molecular flexibility index (Phi) is 6.82. The molecule has 0 radical (unpaired) electrons. The number of carbonyl (C=O) groups is 2. The lowest BCUT2D eigenvalue weighted by molar-refractivity contribution is -0.146. The van der Waals surface area contributed by atoms with Crippen molar-refractivity contribution >= 4 is 12.1 Å². The lowest BCUT2D eigenvalue weighted by Gasteiger charge is -2.40. The van der Waals surface area contributed by atoms with Crippen molar-refractivity contribution in [2.75, 3.05) is 35.0 Å². The van der Waals surface area contributed by atoms with E-state index in [0.29, 0.717) is 23.7 Å². The van der Waals surface area contributed by atoms with Crippen molar-refractivity contribution in [1.82, 2.24) is 4.90 Å². The Morgan fingerprint density at radius 2 is 1.77 bits per heavy atom. The SMILES string of the molecule is CC[C@@H]1COC(=O)N1[C@@H]1OC(C(=O)OC)=C[C@H](c2cc(OC)c(OC)c(OC)c2)[C@H]1C. The number of esters is 1. The fourth-order valence-corrected chi connectivity index (χ4v) is 4.09. The highest BCUT2D eigenvalue weighted by Crippen LogP contribution is 2.45. The van der Waals surface area contributed by atoms with Gasteiger partial charge in [0.05, 0.1) is 34.5 Å². The monoisotopic (exact) mass is 435 g/mol. The predicted molar refractivity (Wildman–Crippen MR) is 110 cm³/mol. The van der Waals surface area contributed by atoms with Crippen molar-refractivity contribution in [2.24, 2.45) is 5.92 Å². The summed E-state index contributed by atoms with van der Waals surface area (Å²) in [5, 5.41) is 0. The van der Waals surface area contributed by atoms with Crippen molar-refractivity contribution in [1.29, 1.82) is 0 Å². The van der Waals surface area contributed by atoms with Gasteiger partial charge in [-0.25, -0.2) is 9.59 Å². The molecular formula is C22H29NO8. The van der Waals surface area contributed by atoms with Gasteiger partial charge in [0.2, 0.25) is 11.5 Å². The fraction of sp³-hybridized carbons (Fsp3) is 0.545. The number of carbonyl (C=O) groups excluding carboxylic acids is 2. The predicted octanol–water partition coefficient (Wildman–Crippen LogP) is 3.08. The molecule has 0 N–H and O–H groups in total. The van der Waals surface area contributed by atoms with Gasteiger partial charge in [0, 0.05) is 11.8 Å². The molecule has 0 aromatic heterocycles. The van der Waals surface area contributed by atoms with Crippen LogP contribution in [0.3, 0.4) is 0 Å². The zero-order valence-corrected chi connectivity index (χ0v) is 18.7. The van der Waals surface area contributed by atoms with Crippen LogP contribution in [0.2, 0.25) is 0 Å². The van der Waals surface area contributed by atoms with Crippen LogP contribution in [-0.4, -0.2) is 64.3 Å². The number of hydrogen-bond donors (Lipinski definition) is 0. The van der Waals surface area contributed by atoms with E-state index in [2.05, 4.69) is 0 Å². The van der Waals surface area contributed by atoms with Gasteiger partial charge in [0.1, 0.15) is 6.61 Å². The molecule has 1 amide bonds. The summed E-state index contributed by atoms with van der Waals surface area (Å²) in [6, 6.07) is 3.52. The number of nitrogens with zero attached hydrogens (tertiary/aromatic N) is 1. The van der Waals surface area contributed by atoms with E-state index < -0.39 is 18.3 Å². The van der Waals surface area contributed by atoms with E-state index in [4.69, 9.17) is 28.4 Å². The average Bonchev–Trinajstić information content (AvgIpc) is 3.17. The van der Waals surface area contributed by atoms with Gasteiger partial charge in [0.15, 0.2) is 17.7 Å². The average molecular weight is 435 g/mol. The number of benzene rings is 1. The fourth-order valence-electron chi connectivity index (χ4n) is 4.09. The first-order chi connectivity index (χ1) is 14.9. The zero-order chi connectivity index (χ0) is 22.7. The second-order valence-electron chi connectivity index (χ2n) is 7.42. The van der Waals surface area contributed by atoms with Crippen LogP contribution >= 0.6 is 0 Å². The van der Waals surface area contributed by atoms with Crippen LogP contribution in [0.15, 0.2) is 24.0 Å². The van der Waals surface area contributed by atoms with E-state index >= 15 is 0 Å². The van der Waals surface area contributed by atoms with Gasteiger partial charge in [-0.2, -0.15) is 0 Å². The molecule has 1 fully saturated rings. The van der Waals surface area contributed by atoms with E-state index in [0.717, 1.165) is 5.56 Å². The molecule has 3 rings (SSSR count). The van der Waals surface area contributed by atoms with Crippen LogP contribution in [-0.2, 0) is 19.0 Å². The minimum absolute atomic E-state index is 0.0407. The molecule has 0 saturated carbocycles. The van der Waals surface area contributed by atoms with E-state index in [-0.39, 0.29) is 30.2 Å². The molecule has 0 unspecified atom stereocenters. The van der Waals surface area contributed by atoms with Crippen LogP contribution in [0, 0.1) is 5.92 Å². The third-order valence-corrected chi connectivity index (χ3v) is 5.80. The second-order valence-corrected chi connectivity index (χ2v) is 7.42. The molecule has 31 heavy (non-hydrogen) atoms. The summed E-state index contributed by atoms with van der Waals surface area (Å²) >= 11 is 0. The molecule has 4 atom stereocenters. The summed E-state index contributed by atoms with van der Waals surface area (Å²) in [5.74, 6) is 0.368. The highest BCUT2D eigenvalue weighted by Gasteiger charge is 2.46. The molecule has 170 valence electrons. The van der Waals surface area contributed by atoms with Crippen molar-refractivity contribution in [3.05, 3.63) is 29.5 Å². The molecular weight excluding hydrogens is 406 g/mol. The quantitative estimate of drug-likeness (QED) is 0.604. The molecule has 1 saturated heterocycles. The first kappa shape index (κ1) is 22.6. The Hall–Kier alpha value is -3.10. The Balaban J connectivity index is 2.09. The Morgan fingerprint density at radius 1 is 1.13 bits per heavy atom. The molecule has 2 aliphatic rings. The summed E-state index contributed by atoms with van der Waals surface area (Å²) in [4.78, 5) is 26.4. The van der Waals surface area contributed by atoms with Gasteiger partial charge in [-0.05, 0) is 30.2 Å². The summed E-state index contributed by atoms with van der Waals surface area (Å²) in [6.45, 7) is 4.22. The first-order valence-corrected chi connectivity index (χ1v) is 10.1. The number of allylic oxidation sites excluding steroid dienone is 1. The molecule has 0 spiro atoms. The molecule has 0 aliphatic carbocycles. The zero-order valence-electron chi connectivity index (χ0n) is 18.7. The van der Waals surface area contributed by atoms with Gasteiger partial charge in [-0.3, -0.25) is 4.90 Å². The van der Waals surface area contributed by atoms with Crippen molar-refractivity contribution in [3.63, 3.8) is 0 Å². The summed E-state index contributed by atoms with van der Waals surface area (Å²) in [6.07, 6.45) is 1.24. The highest BCUT2D eigenvalue weighted by atomic mass is 16.6. The first-order valence-electron chi connectivity index (χ1n) is 10.1. The number of rotatable bonds is 7. The highest BCUT2D eigenvalue weighted by molar-refractivity contribution is 5.86. The number of ether oxygens (including phenoxy) is 6. The van der Waals surface area contributed by atoms with Crippen molar-refractivity contribution in [2.45, 2.75) is 38.5 Å². The number of hydrogen-bond acceptors (Lipinski definition) is 8. The molecule has 2 heterocycles. The van der Waals surface area contributed by atoms with Crippen LogP contribution < -0.4 is 14.2 Å². The molecule has 1 aromatic carbocycles. The van der Waals surface area contributed by atoms with E-state index in [1.54, 1.807) is 25.2 Å². The minimum atomic E-state index is -0.705. The number of amides is 1. The van der Waals surface area contributed by atoms with Crippen LogP contribution in [0.4, 0.5) is 4.79 Å². The molecule has 0 bridgehead atoms. The van der Waals surface area contributed by atoms with Crippen molar-refractivity contribution in [3.8, 4) is 17.2 Å². The van der Waals surface area contributed by atoms with Gasteiger partial charge in [0.25, 0.3) is 0 Å². The van der Waals surface area contributed by atoms with E-state index in [9.17, 15) is 9.59 Å². The maximum atomic E-state index is 12.5. The largest absolute Gasteiger partial charge is 0.493 e. The third-order valence-electron chi connectivity index (χ3n) is 5.80. The molecule has 2 aliphatic heterocycles. The van der Waals surface area contributed by atoms with Crippen LogP contribution in [0.1, 0.15) is 31.7 Å². The summed E-state index contributed by atoms with van der Waals surface area (Å²) in [7, 11) is 5.90. The Bertz CT molecular complexity index is 842. The summed E-state index contributed by atoms with van der Waals surface area (Å²) < 4.78 is 32.5. The second kappa shape index (κ2) is 9.36. The van der Waals surface area contributed by atoms with E-state index in [1.807, 2.05) is 26.0 Å². The topological polar surface area (TPSA) is 92.8 Å². The number of cyclic esters (lactones) is 1. The maximum absolute atomic E-state index is 12.5. The van der Waals surface area contributed by atoms with Gasteiger partial charge in [-0.15, -0.1) is 0 Å². The smallest absolute Gasteiger partial charge is 0.413 e. The molecule has 9 nitrogen and oxygen atoms in total. The van der Waals surface area contributed by atoms with E-state index in [1.165, 1.54) is 14.2 Å². The third kappa shape index (κ3) is 4.08. The molecule has 9 heteroatoms. The lowest BCUT2D eigenvalue weighted by atomic mass is 9.82. The minimum Gasteiger partial charge on any atom is -0.493 e. The van der Waals surface area contributed by atoms with Gasteiger partial charge >= 0.3 is 12.1 Å². The van der Waals surface area contributed by atoms with Crippen LogP contribution in [0.25, 0.3) is 0 Å². The lowest BCUT2D eigenvalue weighted by Crippen LogP contribution is -2.50. The maximum Gasteiger partial charge on any atom is 0.413 e. The Labute approximate surface area is 181 Å². The normalized spacial score (nSPS) is 25.3. The number of methoxy groups -OCH3 is 4. The van der Waals surface area contributed by atoms with Crippen LogP contribution in [0.5, 0.6) is 17.2 Å². The summed E-state index contributed by atoms with van der Waals surface area (Å²) in [5.41, 5.74) is 0.817. The standard InChI is InChI=1S/C22H29NO8/c1-7-14-11-30-22(25)23(14)20-12(2)15(10-18(31-20)21(24)29-6)13-8-16(26-3)19(28-5)17(9-13)27-4/h8-10,12,14-15,20H,7,11H2,1-6H3/t12-,14-,15+,20-/m1/s1.